The van der Waals surface area contributed by atoms with Crippen molar-refractivity contribution < 1.29 is 4.74 Å². The van der Waals surface area contributed by atoms with Gasteiger partial charge in [-0.2, -0.15) is 0 Å². The number of nitrogens with zero attached hydrogens (tertiary/aromatic N) is 5. The van der Waals surface area contributed by atoms with Crippen LogP contribution in [0.15, 0.2) is 11.3 Å². The maximum absolute atomic E-state index is 5.17. The van der Waals surface area contributed by atoms with E-state index in [4.69, 9.17) is 9.73 Å². The van der Waals surface area contributed by atoms with Gasteiger partial charge < -0.3 is 24.8 Å². The number of rotatable bonds is 10. The highest BCUT2D eigenvalue weighted by Gasteiger charge is 2.18. The van der Waals surface area contributed by atoms with E-state index in [-0.39, 0.29) is 24.0 Å². The van der Waals surface area contributed by atoms with Gasteiger partial charge in [0.1, 0.15) is 12.2 Å². The summed E-state index contributed by atoms with van der Waals surface area (Å²) in [6, 6.07) is 0. The van der Waals surface area contributed by atoms with Crippen LogP contribution < -0.4 is 10.6 Å². The zero-order chi connectivity index (χ0) is 18.6. The molecule has 1 aromatic rings. The van der Waals surface area contributed by atoms with Crippen LogP contribution >= 0.6 is 24.0 Å². The first kappa shape index (κ1) is 24.1. The van der Waals surface area contributed by atoms with Gasteiger partial charge in [0.05, 0.1) is 6.61 Å². The lowest BCUT2D eigenvalue weighted by atomic mass is 9.97. The van der Waals surface area contributed by atoms with E-state index in [1.54, 1.807) is 13.4 Å². The number of ether oxygens (including phenoxy) is 1. The van der Waals surface area contributed by atoms with Crippen LogP contribution in [0.2, 0.25) is 0 Å². The summed E-state index contributed by atoms with van der Waals surface area (Å²) < 4.78 is 7.26. The molecule has 1 aliphatic heterocycles. The first-order chi connectivity index (χ1) is 12.8. The number of likely N-dealkylation sites (tertiary alicyclic amines) is 1. The van der Waals surface area contributed by atoms with Crippen molar-refractivity contribution >= 4 is 29.9 Å². The molecular weight excluding hydrogens is 457 g/mol. The third-order valence-corrected chi connectivity index (χ3v) is 4.83. The molecular formula is C18H36IN7O. The molecule has 0 spiro atoms. The number of aromatic nitrogens is 3. The highest BCUT2D eigenvalue weighted by molar-refractivity contribution is 14.0. The molecule has 0 amide bonds. The molecule has 2 rings (SSSR count). The van der Waals surface area contributed by atoms with Crippen LogP contribution in [-0.4, -0.2) is 78.6 Å². The monoisotopic (exact) mass is 493 g/mol. The van der Waals surface area contributed by atoms with E-state index in [0.717, 1.165) is 70.6 Å². The van der Waals surface area contributed by atoms with Crippen LogP contribution in [0.1, 0.15) is 32.5 Å². The predicted octanol–water partition coefficient (Wildman–Crippen LogP) is 1.37. The lowest BCUT2D eigenvalue weighted by Crippen LogP contribution is -2.40. The minimum absolute atomic E-state index is 0. The third-order valence-electron chi connectivity index (χ3n) is 4.83. The molecule has 9 heteroatoms. The van der Waals surface area contributed by atoms with Gasteiger partial charge in [-0.3, -0.25) is 4.99 Å². The number of hydrogen-bond donors (Lipinski definition) is 2. The Hall–Kier alpha value is -0.940. The van der Waals surface area contributed by atoms with Crippen molar-refractivity contribution in [3.63, 3.8) is 0 Å². The maximum Gasteiger partial charge on any atom is 0.191 e. The van der Waals surface area contributed by atoms with Gasteiger partial charge >= 0.3 is 0 Å². The number of piperidine rings is 1. The molecule has 0 aromatic carbocycles. The first-order valence-corrected chi connectivity index (χ1v) is 9.86. The normalized spacial score (nSPS) is 16.2. The molecule has 2 N–H and O–H groups in total. The highest BCUT2D eigenvalue weighted by Crippen LogP contribution is 2.17. The van der Waals surface area contributed by atoms with E-state index in [0.29, 0.717) is 5.92 Å². The van der Waals surface area contributed by atoms with Crippen molar-refractivity contribution in [2.75, 3.05) is 53.0 Å². The predicted molar refractivity (Wildman–Crippen MR) is 120 cm³/mol. The van der Waals surface area contributed by atoms with Crippen LogP contribution in [-0.2, 0) is 17.7 Å². The van der Waals surface area contributed by atoms with Gasteiger partial charge in [-0.15, -0.1) is 34.2 Å². The summed E-state index contributed by atoms with van der Waals surface area (Å²) in [6.07, 6.45) is 5.12. The topological polar surface area (TPSA) is 79.6 Å². The molecule has 0 unspecified atom stereocenters. The van der Waals surface area contributed by atoms with E-state index < -0.39 is 0 Å². The van der Waals surface area contributed by atoms with Crippen molar-refractivity contribution in [3.05, 3.63) is 12.2 Å². The average molecular weight is 493 g/mol. The van der Waals surface area contributed by atoms with E-state index >= 15 is 0 Å². The summed E-state index contributed by atoms with van der Waals surface area (Å²) in [5.74, 6) is 2.60. The minimum Gasteiger partial charge on any atom is -0.383 e. The molecule has 0 bridgehead atoms. The standard InChI is InChI=1S/C18H35N7O.HI/c1-4-17-23-22-15-25(17)11-8-20-18(19-5-2)21-14-16-6-9-24(10-7-16)12-13-26-3;/h15-16H,4-14H2,1-3H3,(H2,19,20,21);1H. The Bertz CT molecular complexity index is 530. The molecule has 1 aromatic heterocycles. The SMILES string of the molecule is CCNC(=NCC1CCN(CCOC)CC1)NCCn1cnnc1CC.I. The van der Waals surface area contributed by atoms with Crippen LogP contribution in [0.3, 0.4) is 0 Å². The molecule has 1 aliphatic rings. The summed E-state index contributed by atoms with van der Waals surface area (Å²) in [5, 5.41) is 14.9. The van der Waals surface area contributed by atoms with E-state index in [9.17, 15) is 0 Å². The number of aryl methyl sites for hydroxylation is 1. The molecule has 27 heavy (non-hydrogen) atoms. The Balaban J connectivity index is 0.00000364. The van der Waals surface area contributed by atoms with E-state index in [1.807, 2.05) is 0 Å². The summed E-state index contributed by atoms with van der Waals surface area (Å²) in [7, 11) is 1.77. The third kappa shape index (κ3) is 8.73. The molecule has 2 heterocycles. The van der Waals surface area contributed by atoms with E-state index in [1.165, 1.54) is 12.8 Å². The Morgan fingerprint density at radius 3 is 2.70 bits per heavy atom. The quantitative estimate of drug-likeness (QED) is 0.291. The summed E-state index contributed by atoms with van der Waals surface area (Å²) >= 11 is 0. The molecule has 0 atom stereocenters. The lowest BCUT2D eigenvalue weighted by molar-refractivity contribution is 0.121. The van der Waals surface area contributed by atoms with Gasteiger partial charge in [0.25, 0.3) is 0 Å². The molecule has 156 valence electrons. The molecule has 1 saturated heterocycles. The second-order valence-corrected chi connectivity index (χ2v) is 6.72. The number of guanidine groups is 1. The second kappa shape index (κ2) is 14.1. The average Bonchev–Trinajstić information content (AvgIpc) is 3.12. The number of hydrogen-bond acceptors (Lipinski definition) is 5. The number of methoxy groups -OCH3 is 1. The van der Waals surface area contributed by atoms with E-state index in [2.05, 4.69) is 44.1 Å². The summed E-state index contributed by atoms with van der Waals surface area (Å²) in [5.41, 5.74) is 0. The van der Waals surface area contributed by atoms with Crippen LogP contribution in [0.4, 0.5) is 0 Å². The van der Waals surface area contributed by atoms with Gasteiger partial charge in [-0.25, -0.2) is 0 Å². The Kier molecular flexibility index (Phi) is 12.6. The van der Waals surface area contributed by atoms with Gasteiger partial charge in [0.2, 0.25) is 0 Å². The fraction of sp³-hybridized carbons (Fsp3) is 0.833. The molecule has 0 saturated carbocycles. The Morgan fingerprint density at radius 2 is 2.04 bits per heavy atom. The van der Waals surface area contributed by atoms with Crippen LogP contribution in [0, 0.1) is 5.92 Å². The smallest absolute Gasteiger partial charge is 0.191 e. The maximum atomic E-state index is 5.17. The van der Waals surface area contributed by atoms with Crippen molar-refractivity contribution in [2.24, 2.45) is 10.9 Å². The largest absolute Gasteiger partial charge is 0.383 e. The lowest BCUT2D eigenvalue weighted by Gasteiger charge is -2.31. The molecule has 1 fully saturated rings. The number of nitrogens with one attached hydrogen (secondary N) is 2. The van der Waals surface area contributed by atoms with Crippen molar-refractivity contribution in [2.45, 2.75) is 39.7 Å². The molecule has 8 nitrogen and oxygen atoms in total. The van der Waals surface area contributed by atoms with Gasteiger partial charge in [0.15, 0.2) is 5.96 Å². The Morgan fingerprint density at radius 1 is 1.26 bits per heavy atom. The van der Waals surface area contributed by atoms with Crippen molar-refractivity contribution in [1.82, 2.24) is 30.3 Å². The number of aliphatic imine (C=N–C) groups is 1. The van der Waals surface area contributed by atoms with Gasteiger partial charge in [-0.1, -0.05) is 6.92 Å². The summed E-state index contributed by atoms with van der Waals surface area (Å²) in [4.78, 5) is 7.28. The van der Waals surface area contributed by atoms with Crippen LogP contribution in [0.5, 0.6) is 0 Å². The summed E-state index contributed by atoms with van der Waals surface area (Å²) in [6.45, 7) is 11.8. The zero-order valence-electron chi connectivity index (χ0n) is 17.0. The fourth-order valence-corrected chi connectivity index (χ4v) is 3.21. The number of halogens is 1. The van der Waals surface area contributed by atoms with Gasteiger partial charge in [0, 0.05) is 46.3 Å². The molecule has 0 aliphatic carbocycles. The fourth-order valence-electron chi connectivity index (χ4n) is 3.21. The van der Waals surface area contributed by atoms with Crippen LogP contribution in [0.25, 0.3) is 0 Å². The van der Waals surface area contributed by atoms with Gasteiger partial charge in [-0.05, 0) is 38.8 Å². The Labute approximate surface area is 180 Å². The molecule has 0 radical (unpaired) electrons. The highest BCUT2D eigenvalue weighted by atomic mass is 127. The van der Waals surface area contributed by atoms with Crippen molar-refractivity contribution in [3.8, 4) is 0 Å². The minimum atomic E-state index is 0. The first-order valence-electron chi connectivity index (χ1n) is 9.86. The van der Waals surface area contributed by atoms with Crippen molar-refractivity contribution in [1.29, 1.82) is 0 Å². The zero-order valence-corrected chi connectivity index (χ0v) is 19.3. The second-order valence-electron chi connectivity index (χ2n) is 6.72.